The van der Waals surface area contributed by atoms with Gasteiger partial charge in [-0.15, -0.1) is 0 Å². The number of anilines is 1. The summed E-state index contributed by atoms with van der Waals surface area (Å²) >= 11 is 0. The fourth-order valence-corrected chi connectivity index (χ4v) is 2.74. The summed E-state index contributed by atoms with van der Waals surface area (Å²) in [6.07, 6.45) is 0.645. The molecule has 0 aromatic heterocycles. The molecule has 0 aliphatic heterocycles. The number of rotatable bonds is 4. The number of halogens is 1. The summed E-state index contributed by atoms with van der Waals surface area (Å²) in [6, 6.07) is 4.62. The van der Waals surface area contributed by atoms with Gasteiger partial charge in [0.2, 0.25) is 10.9 Å². The van der Waals surface area contributed by atoms with Gasteiger partial charge in [0.25, 0.3) is 0 Å². The number of aromatic carboxylic acids is 1. The molecular formula is C11H9FN2O4S. The van der Waals surface area contributed by atoms with Crippen molar-refractivity contribution in [2.45, 2.75) is 18.4 Å². The van der Waals surface area contributed by atoms with Crippen LogP contribution in [0.3, 0.4) is 0 Å². The predicted octanol–water partition coefficient (Wildman–Crippen LogP) is 0.913. The van der Waals surface area contributed by atoms with Crippen LogP contribution < -0.4 is 4.31 Å². The van der Waals surface area contributed by atoms with Crippen LogP contribution in [0.5, 0.6) is 0 Å². The van der Waals surface area contributed by atoms with Crippen molar-refractivity contribution in [2.75, 3.05) is 4.31 Å². The zero-order chi connectivity index (χ0) is 14.2. The van der Waals surface area contributed by atoms with Crippen LogP contribution in [0.15, 0.2) is 18.2 Å². The molecule has 19 heavy (non-hydrogen) atoms. The van der Waals surface area contributed by atoms with E-state index in [1.165, 1.54) is 0 Å². The molecule has 2 rings (SSSR count). The van der Waals surface area contributed by atoms with Crippen LogP contribution in [0.1, 0.15) is 23.2 Å². The molecule has 1 aliphatic carbocycles. The van der Waals surface area contributed by atoms with Gasteiger partial charge in [0, 0.05) is 0 Å². The zero-order valence-corrected chi connectivity index (χ0v) is 10.4. The van der Waals surface area contributed by atoms with Crippen molar-refractivity contribution >= 4 is 22.5 Å². The predicted molar refractivity (Wildman–Crippen MR) is 63.7 cm³/mol. The van der Waals surface area contributed by atoms with Gasteiger partial charge in [-0.05, 0) is 31.0 Å². The van der Waals surface area contributed by atoms with Crippen LogP contribution in [0.25, 0.3) is 0 Å². The maximum Gasteiger partial charge on any atom is 0.337 e. The van der Waals surface area contributed by atoms with Crippen LogP contribution in [-0.2, 0) is 10.9 Å². The lowest BCUT2D eigenvalue weighted by molar-refractivity contribution is 0.0697. The SMILES string of the molecule is N#CC1(N(c2ccc(F)cc2C(=O)O)[SH](=O)=O)CC1. The Morgan fingerprint density at radius 1 is 1.47 bits per heavy atom. The second kappa shape index (κ2) is 4.51. The maximum atomic E-state index is 13.1. The van der Waals surface area contributed by atoms with E-state index >= 15 is 0 Å². The third kappa shape index (κ3) is 2.24. The Morgan fingerprint density at radius 3 is 2.53 bits per heavy atom. The fraction of sp³-hybridized carbons (Fsp3) is 0.273. The molecule has 1 N–H and O–H groups in total. The van der Waals surface area contributed by atoms with Gasteiger partial charge in [-0.25, -0.2) is 17.6 Å². The quantitative estimate of drug-likeness (QED) is 0.801. The molecule has 0 unspecified atom stereocenters. The van der Waals surface area contributed by atoms with Crippen molar-refractivity contribution in [1.29, 1.82) is 5.26 Å². The Bertz CT molecular complexity index is 653. The third-order valence-corrected chi connectivity index (χ3v) is 3.84. The summed E-state index contributed by atoms with van der Waals surface area (Å²) in [5.41, 5.74) is -1.91. The highest BCUT2D eigenvalue weighted by Gasteiger charge is 2.51. The summed E-state index contributed by atoms with van der Waals surface area (Å²) in [5, 5.41) is 18.0. The molecule has 1 saturated carbocycles. The average Bonchev–Trinajstić information content (AvgIpc) is 3.11. The second-order valence-corrected chi connectivity index (χ2v) is 5.04. The van der Waals surface area contributed by atoms with E-state index in [-0.39, 0.29) is 5.69 Å². The van der Waals surface area contributed by atoms with Crippen molar-refractivity contribution in [1.82, 2.24) is 0 Å². The van der Waals surface area contributed by atoms with Gasteiger partial charge < -0.3 is 5.11 Å². The van der Waals surface area contributed by atoms with Crippen molar-refractivity contribution < 1.29 is 22.7 Å². The highest BCUT2D eigenvalue weighted by atomic mass is 32.2. The summed E-state index contributed by atoms with van der Waals surface area (Å²) < 4.78 is 36.5. The number of carboxylic acid groups (broad SMARTS) is 1. The topological polar surface area (TPSA) is 98.5 Å². The molecule has 0 amide bonds. The minimum Gasteiger partial charge on any atom is -0.478 e. The first-order chi connectivity index (χ1) is 8.91. The van der Waals surface area contributed by atoms with E-state index < -0.39 is 33.8 Å². The Balaban J connectivity index is 2.62. The standard InChI is InChI=1S/C11H9FN2O4S/c12-7-1-2-9(8(5-7)10(15)16)14(19(17)18)11(6-13)3-4-11/h1-2,5,19H,3-4H2,(H,15,16). The number of thiol groups is 1. The minimum absolute atomic E-state index is 0.191. The van der Waals surface area contributed by atoms with Crippen molar-refractivity contribution in [3.8, 4) is 6.07 Å². The van der Waals surface area contributed by atoms with E-state index in [4.69, 9.17) is 10.4 Å². The highest BCUT2D eigenvalue weighted by Crippen LogP contribution is 2.44. The first-order valence-corrected chi connectivity index (χ1v) is 6.43. The number of benzene rings is 1. The van der Waals surface area contributed by atoms with E-state index in [2.05, 4.69) is 0 Å². The summed E-state index contributed by atoms with van der Waals surface area (Å²) in [7, 11) is -3.20. The number of hydrogen-bond acceptors (Lipinski definition) is 4. The normalized spacial score (nSPS) is 15.8. The third-order valence-electron chi connectivity index (χ3n) is 2.92. The van der Waals surface area contributed by atoms with Crippen LogP contribution in [-0.4, -0.2) is 25.0 Å². The van der Waals surface area contributed by atoms with Crippen LogP contribution in [0.4, 0.5) is 10.1 Å². The smallest absolute Gasteiger partial charge is 0.337 e. The van der Waals surface area contributed by atoms with Crippen molar-refractivity contribution in [2.24, 2.45) is 0 Å². The van der Waals surface area contributed by atoms with E-state index in [0.717, 1.165) is 22.5 Å². The van der Waals surface area contributed by atoms with Crippen LogP contribution in [0.2, 0.25) is 0 Å². The Morgan fingerprint density at radius 2 is 2.11 bits per heavy atom. The highest BCUT2D eigenvalue weighted by molar-refractivity contribution is 7.74. The lowest BCUT2D eigenvalue weighted by Crippen LogP contribution is -2.36. The molecule has 0 atom stereocenters. The Labute approximate surface area is 109 Å². The molecular weight excluding hydrogens is 275 g/mol. The zero-order valence-electron chi connectivity index (χ0n) is 9.54. The van der Waals surface area contributed by atoms with E-state index in [0.29, 0.717) is 12.8 Å². The number of carboxylic acids is 1. The molecule has 0 heterocycles. The van der Waals surface area contributed by atoms with E-state index in [1.807, 2.05) is 6.07 Å². The van der Waals surface area contributed by atoms with E-state index in [1.54, 1.807) is 0 Å². The fourth-order valence-electron chi connectivity index (χ4n) is 1.83. The number of nitrogens with zero attached hydrogens (tertiary/aromatic N) is 2. The Kier molecular flexibility index (Phi) is 3.16. The molecule has 1 fully saturated rings. The largest absolute Gasteiger partial charge is 0.478 e. The molecule has 1 aromatic carbocycles. The molecule has 6 nitrogen and oxygen atoms in total. The number of carbonyl (C=O) groups is 1. The van der Waals surface area contributed by atoms with Crippen molar-refractivity contribution in [3.05, 3.63) is 29.6 Å². The van der Waals surface area contributed by atoms with Gasteiger partial charge in [0.1, 0.15) is 11.4 Å². The monoisotopic (exact) mass is 284 g/mol. The first kappa shape index (κ1) is 13.3. The lowest BCUT2D eigenvalue weighted by Gasteiger charge is -2.23. The lowest BCUT2D eigenvalue weighted by atomic mass is 10.1. The van der Waals surface area contributed by atoms with Crippen LogP contribution >= 0.6 is 0 Å². The molecule has 1 aromatic rings. The maximum absolute atomic E-state index is 13.1. The molecule has 0 saturated heterocycles. The van der Waals surface area contributed by atoms with Gasteiger partial charge in [0.05, 0.1) is 17.3 Å². The molecule has 1 aliphatic rings. The molecule has 100 valence electrons. The molecule has 0 radical (unpaired) electrons. The first-order valence-electron chi connectivity index (χ1n) is 5.30. The second-order valence-electron chi connectivity index (χ2n) is 4.16. The van der Waals surface area contributed by atoms with Gasteiger partial charge in [-0.2, -0.15) is 5.26 Å². The average molecular weight is 284 g/mol. The summed E-state index contributed by atoms with van der Waals surface area (Å²) in [4.78, 5) is 11.1. The van der Waals surface area contributed by atoms with Crippen LogP contribution in [0, 0.1) is 17.1 Å². The summed E-state index contributed by atoms with van der Waals surface area (Å²) in [5.74, 6) is -2.24. The van der Waals surface area contributed by atoms with E-state index in [9.17, 15) is 17.6 Å². The molecule has 0 spiro atoms. The number of nitriles is 1. The van der Waals surface area contributed by atoms with Gasteiger partial charge in [-0.1, -0.05) is 0 Å². The minimum atomic E-state index is -3.20. The van der Waals surface area contributed by atoms with Crippen molar-refractivity contribution in [3.63, 3.8) is 0 Å². The summed E-state index contributed by atoms with van der Waals surface area (Å²) in [6.45, 7) is 0. The number of hydrogen-bond donors (Lipinski definition) is 2. The van der Waals surface area contributed by atoms with Gasteiger partial charge in [-0.3, -0.25) is 4.31 Å². The van der Waals surface area contributed by atoms with Gasteiger partial charge >= 0.3 is 5.97 Å². The van der Waals surface area contributed by atoms with Gasteiger partial charge in [0.15, 0.2) is 0 Å². The Hall–Kier alpha value is -2.14. The molecule has 8 heteroatoms. The molecule has 0 bridgehead atoms.